The van der Waals surface area contributed by atoms with E-state index in [1.54, 1.807) is 26.0 Å². The van der Waals surface area contributed by atoms with Crippen molar-refractivity contribution in [3.63, 3.8) is 0 Å². The van der Waals surface area contributed by atoms with Gasteiger partial charge in [0.05, 0.1) is 11.7 Å². The van der Waals surface area contributed by atoms with Crippen LogP contribution in [0.3, 0.4) is 0 Å². The minimum absolute atomic E-state index is 0.0424. The van der Waals surface area contributed by atoms with Gasteiger partial charge in [-0.15, -0.1) is 0 Å². The van der Waals surface area contributed by atoms with Crippen LogP contribution in [0.1, 0.15) is 33.6 Å². The highest BCUT2D eigenvalue weighted by Crippen LogP contribution is 2.21. The van der Waals surface area contributed by atoms with Gasteiger partial charge in [0.2, 0.25) is 15.9 Å². The van der Waals surface area contributed by atoms with E-state index < -0.39 is 16.1 Å². The molecule has 0 bridgehead atoms. The normalized spacial score (nSPS) is 13.3. The molecule has 1 heterocycles. The Labute approximate surface area is 146 Å². The Hall–Kier alpha value is -1.58. The van der Waals surface area contributed by atoms with Gasteiger partial charge in [0.25, 0.3) is 0 Å². The van der Waals surface area contributed by atoms with Crippen molar-refractivity contribution in [3.05, 3.63) is 18.2 Å². The number of sulfonamides is 1. The second-order valence-corrected chi connectivity index (χ2v) is 8.09. The summed E-state index contributed by atoms with van der Waals surface area (Å²) in [5.74, 6) is -0.500. The summed E-state index contributed by atoms with van der Waals surface area (Å²) in [6, 6.07) is 3.95. The first-order chi connectivity index (χ1) is 11.4. The molecule has 1 amide bonds. The predicted octanol–water partition coefficient (Wildman–Crippen LogP) is 1.91. The van der Waals surface area contributed by atoms with Crippen LogP contribution >= 0.6 is 11.7 Å². The standard InChI is InChI=1S/C15H22N4O3S2/c1-4-5-9-16-15(20)13(10(2)3)19-24(21,22)12-8-6-7-11-14(12)18-23-17-11/h6-8,10,13,19H,4-5,9H2,1-3H3,(H,16,20). The van der Waals surface area contributed by atoms with Gasteiger partial charge in [-0.05, 0) is 24.5 Å². The first kappa shape index (κ1) is 18.8. The van der Waals surface area contributed by atoms with Gasteiger partial charge in [-0.2, -0.15) is 13.5 Å². The number of carbonyl (C=O) groups excluding carboxylic acids is 1. The van der Waals surface area contributed by atoms with Crippen LogP contribution in [0.25, 0.3) is 11.0 Å². The van der Waals surface area contributed by atoms with Gasteiger partial charge >= 0.3 is 0 Å². The quantitative estimate of drug-likeness (QED) is 0.691. The Morgan fingerprint density at radius 2 is 2.04 bits per heavy atom. The topological polar surface area (TPSA) is 101 Å². The number of carbonyl (C=O) groups is 1. The Kier molecular flexibility index (Phi) is 6.25. The van der Waals surface area contributed by atoms with Gasteiger partial charge in [0, 0.05) is 6.54 Å². The fourth-order valence-corrected chi connectivity index (χ4v) is 4.33. The number of unbranched alkanes of at least 4 members (excludes halogenated alkanes) is 1. The number of nitrogens with one attached hydrogen (secondary N) is 2. The van der Waals surface area contributed by atoms with Gasteiger partial charge < -0.3 is 5.32 Å². The zero-order valence-corrected chi connectivity index (χ0v) is 15.6. The summed E-state index contributed by atoms with van der Waals surface area (Å²) in [6.45, 7) is 6.17. The Balaban J connectivity index is 2.24. The summed E-state index contributed by atoms with van der Waals surface area (Å²) < 4.78 is 36.1. The molecule has 1 aromatic heterocycles. The molecule has 0 saturated heterocycles. The third kappa shape index (κ3) is 4.28. The highest BCUT2D eigenvalue weighted by Gasteiger charge is 2.29. The molecule has 2 N–H and O–H groups in total. The number of benzene rings is 1. The molecule has 0 radical (unpaired) electrons. The Bertz CT molecular complexity index is 802. The van der Waals surface area contributed by atoms with Gasteiger partial charge in [-0.25, -0.2) is 8.42 Å². The molecule has 0 aliphatic rings. The van der Waals surface area contributed by atoms with E-state index in [-0.39, 0.29) is 16.7 Å². The monoisotopic (exact) mass is 370 g/mol. The lowest BCUT2D eigenvalue weighted by Crippen LogP contribution is -2.49. The number of hydrogen-bond acceptors (Lipinski definition) is 6. The molecule has 2 aromatic rings. The minimum atomic E-state index is -3.88. The molecule has 1 unspecified atom stereocenters. The number of hydrogen-bond donors (Lipinski definition) is 2. The molecule has 7 nitrogen and oxygen atoms in total. The molecule has 0 saturated carbocycles. The van der Waals surface area contributed by atoms with Crippen molar-refractivity contribution < 1.29 is 13.2 Å². The number of fused-ring (bicyclic) bond motifs is 1. The SMILES string of the molecule is CCCCNC(=O)C(NS(=O)(=O)c1cccc2nsnc12)C(C)C. The first-order valence-corrected chi connectivity index (χ1v) is 10.1. The second kappa shape index (κ2) is 8.00. The molecule has 1 atom stereocenters. The zero-order valence-electron chi connectivity index (χ0n) is 13.9. The molecule has 24 heavy (non-hydrogen) atoms. The van der Waals surface area contributed by atoms with Crippen LogP contribution in [0, 0.1) is 5.92 Å². The largest absolute Gasteiger partial charge is 0.355 e. The summed E-state index contributed by atoms with van der Waals surface area (Å²) in [5, 5.41) is 2.78. The predicted molar refractivity (Wildman–Crippen MR) is 94.3 cm³/mol. The molecule has 0 spiro atoms. The molecule has 9 heteroatoms. The molecule has 1 aromatic carbocycles. The molecule has 0 aliphatic carbocycles. The fraction of sp³-hybridized carbons (Fsp3) is 0.533. The van der Waals surface area contributed by atoms with Crippen LogP contribution in [0.2, 0.25) is 0 Å². The van der Waals surface area contributed by atoms with E-state index in [1.165, 1.54) is 6.07 Å². The summed E-state index contributed by atoms with van der Waals surface area (Å²) in [7, 11) is -3.88. The van der Waals surface area contributed by atoms with Crippen molar-refractivity contribution in [2.45, 2.75) is 44.6 Å². The van der Waals surface area contributed by atoms with E-state index >= 15 is 0 Å². The van der Waals surface area contributed by atoms with Gasteiger partial charge in [-0.1, -0.05) is 33.3 Å². The van der Waals surface area contributed by atoms with Crippen molar-refractivity contribution in [2.75, 3.05) is 6.54 Å². The molecule has 2 rings (SSSR count). The van der Waals surface area contributed by atoms with E-state index in [2.05, 4.69) is 18.8 Å². The average molecular weight is 371 g/mol. The number of nitrogens with zero attached hydrogens (tertiary/aromatic N) is 2. The zero-order chi connectivity index (χ0) is 17.7. The van der Waals surface area contributed by atoms with Crippen molar-refractivity contribution in [1.29, 1.82) is 0 Å². The lowest BCUT2D eigenvalue weighted by Gasteiger charge is -2.21. The first-order valence-electron chi connectivity index (χ1n) is 7.88. The van der Waals surface area contributed by atoms with Gasteiger partial charge in [0.1, 0.15) is 22.0 Å². The number of aromatic nitrogens is 2. The van der Waals surface area contributed by atoms with Gasteiger partial charge in [-0.3, -0.25) is 4.79 Å². The molecule has 0 aliphatic heterocycles. The van der Waals surface area contributed by atoms with Crippen LogP contribution in [0.15, 0.2) is 23.1 Å². The van der Waals surface area contributed by atoms with Crippen LogP contribution in [0.4, 0.5) is 0 Å². The number of amides is 1. The third-order valence-electron chi connectivity index (χ3n) is 3.60. The van der Waals surface area contributed by atoms with Crippen LogP contribution < -0.4 is 10.0 Å². The summed E-state index contributed by atoms with van der Waals surface area (Å²) in [4.78, 5) is 12.4. The second-order valence-electron chi connectivity index (χ2n) is 5.88. The molecule has 0 fully saturated rings. The van der Waals surface area contributed by atoms with Crippen molar-refractivity contribution in [3.8, 4) is 0 Å². The molecular weight excluding hydrogens is 348 g/mol. The smallest absolute Gasteiger partial charge is 0.243 e. The highest BCUT2D eigenvalue weighted by atomic mass is 32.2. The van der Waals surface area contributed by atoms with E-state index in [0.717, 1.165) is 24.6 Å². The summed E-state index contributed by atoms with van der Waals surface area (Å²) in [6.07, 6.45) is 1.81. The lowest BCUT2D eigenvalue weighted by atomic mass is 10.1. The van der Waals surface area contributed by atoms with E-state index in [4.69, 9.17) is 0 Å². The van der Waals surface area contributed by atoms with E-state index in [9.17, 15) is 13.2 Å². The van der Waals surface area contributed by atoms with Crippen molar-refractivity contribution >= 4 is 38.7 Å². The van der Waals surface area contributed by atoms with E-state index in [1.807, 2.05) is 6.92 Å². The number of rotatable bonds is 8. The Morgan fingerprint density at radius 3 is 2.71 bits per heavy atom. The van der Waals surface area contributed by atoms with Crippen LogP contribution in [-0.4, -0.2) is 35.7 Å². The maximum Gasteiger partial charge on any atom is 0.243 e. The average Bonchev–Trinajstić information content (AvgIpc) is 3.00. The summed E-state index contributed by atoms with van der Waals surface area (Å²) in [5.41, 5.74) is 0.847. The third-order valence-corrected chi connectivity index (χ3v) is 5.61. The molecular formula is C15H22N4O3S2. The van der Waals surface area contributed by atoms with E-state index in [0.29, 0.717) is 17.6 Å². The summed E-state index contributed by atoms with van der Waals surface area (Å²) >= 11 is 0.957. The van der Waals surface area contributed by atoms with Gasteiger partial charge in [0.15, 0.2) is 0 Å². The lowest BCUT2D eigenvalue weighted by molar-refractivity contribution is -0.123. The highest BCUT2D eigenvalue weighted by molar-refractivity contribution is 7.89. The molecule has 132 valence electrons. The van der Waals surface area contributed by atoms with Crippen LogP contribution in [-0.2, 0) is 14.8 Å². The van der Waals surface area contributed by atoms with Crippen molar-refractivity contribution in [1.82, 2.24) is 18.8 Å². The minimum Gasteiger partial charge on any atom is -0.355 e. The van der Waals surface area contributed by atoms with Crippen molar-refractivity contribution in [2.24, 2.45) is 5.92 Å². The Morgan fingerprint density at radius 1 is 1.29 bits per heavy atom. The van der Waals surface area contributed by atoms with Crippen LogP contribution in [0.5, 0.6) is 0 Å². The maximum atomic E-state index is 12.7. The maximum absolute atomic E-state index is 12.7. The fourth-order valence-electron chi connectivity index (χ4n) is 2.22.